The third kappa shape index (κ3) is 2.31. The minimum atomic E-state index is -0.451. The van der Waals surface area contributed by atoms with Gasteiger partial charge in [-0.3, -0.25) is 4.79 Å². The van der Waals surface area contributed by atoms with E-state index >= 15 is 0 Å². The summed E-state index contributed by atoms with van der Waals surface area (Å²) in [6, 6.07) is 6.11. The van der Waals surface area contributed by atoms with Gasteiger partial charge in [0.15, 0.2) is 0 Å². The van der Waals surface area contributed by atoms with Crippen molar-refractivity contribution in [2.45, 2.75) is 6.92 Å². The molecule has 0 atom stereocenters. The molecule has 1 aromatic carbocycles. The Morgan fingerprint density at radius 1 is 1.50 bits per heavy atom. The summed E-state index contributed by atoms with van der Waals surface area (Å²) in [5.74, 6) is -0.794. The van der Waals surface area contributed by atoms with Crippen molar-refractivity contribution in [1.29, 1.82) is 0 Å². The molecular formula is C13H13FN2O2. The molecule has 1 aromatic heterocycles. The van der Waals surface area contributed by atoms with Crippen molar-refractivity contribution in [1.82, 2.24) is 10.3 Å². The summed E-state index contributed by atoms with van der Waals surface area (Å²) < 4.78 is 13.6. The minimum absolute atomic E-state index is 0.137. The smallest absolute Gasteiger partial charge is 0.252 e. The van der Waals surface area contributed by atoms with E-state index in [9.17, 15) is 9.18 Å². The highest BCUT2D eigenvalue weighted by atomic mass is 19.1. The molecule has 2 aromatic rings. The van der Waals surface area contributed by atoms with Gasteiger partial charge in [-0.2, -0.15) is 0 Å². The SMILES string of the molecule is Cc1cc(C(=O)NCCO)c2cccc(F)c2n1. The van der Waals surface area contributed by atoms with Gasteiger partial charge in [-0.25, -0.2) is 9.37 Å². The number of aryl methyl sites for hydroxylation is 1. The van der Waals surface area contributed by atoms with Crippen LogP contribution in [0.15, 0.2) is 24.3 Å². The van der Waals surface area contributed by atoms with E-state index in [0.717, 1.165) is 0 Å². The van der Waals surface area contributed by atoms with Gasteiger partial charge in [0.1, 0.15) is 11.3 Å². The van der Waals surface area contributed by atoms with Gasteiger partial charge < -0.3 is 10.4 Å². The van der Waals surface area contributed by atoms with Crippen molar-refractivity contribution >= 4 is 16.8 Å². The maximum atomic E-state index is 13.6. The maximum absolute atomic E-state index is 13.6. The number of benzene rings is 1. The van der Waals surface area contributed by atoms with Crippen molar-refractivity contribution in [3.05, 3.63) is 41.3 Å². The zero-order valence-corrected chi connectivity index (χ0v) is 9.90. The summed E-state index contributed by atoms with van der Waals surface area (Å²) in [5.41, 5.74) is 1.12. The molecular weight excluding hydrogens is 235 g/mol. The molecule has 2 rings (SSSR count). The van der Waals surface area contributed by atoms with E-state index in [1.165, 1.54) is 12.1 Å². The molecule has 0 bridgehead atoms. The van der Waals surface area contributed by atoms with E-state index in [-0.39, 0.29) is 24.6 Å². The normalized spacial score (nSPS) is 10.6. The highest BCUT2D eigenvalue weighted by molar-refractivity contribution is 6.06. The van der Waals surface area contributed by atoms with Gasteiger partial charge in [-0.1, -0.05) is 12.1 Å². The molecule has 0 spiro atoms. The Labute approximate surface area is 103 Å². The molecule has 0 aliphatic heterocycles. The molecule has 94 valence electrons. The predicted molar refractivity (Wildman–Crippen MR) is 65.9 cm³/mol. The van der Waals surface area contributed by atoms with Gasteiger partial charge in [0, 0.05) is 17.6 Å². The zero-order valence-electron chi connectivity index (χ0n) is 9.90. The van der Waals surface area contributed by atoms with E-state index in [0.29, 0.717) is 16.6 Å². The summed E-state index contributed by atoms with van der Waals surface area (Å²) in [6.45, 7) is 1.73. The number of nitrogens with zero attached hydrogens (tertiary/aromatic N) is 1. The van der Waals surface area contributed by atoms with Gasteiger partial charge in [-0.15, -0.1) is 0 Å². The summed E-state index contributed by atoms with van der Waals surface area (Å²) in [5, 5.41) is 11.7. The first-order valence-electron chi connectivity index (χ1n) is 5.58. The zero-order chi connectivity index (χ0) is 13.1. The maximum Gasteiger partial charge on any atom is 0.252 e. The molecule has 4 nitrogen and oxygen atoms in total. The van der Waals surface area contributed by atoms with E-state index in [1.54, 1.807) is 19.1 Å². The first-order chi connectivity index (χ1) is 8.63. The molecule has 0 fully saturated rings. The van der Waals surface area contributed by atoms with Crippen molar-refractivity contribution in [2.24, 2.45) is 0 Å². The van der Waals surface area contributed by atoms with Crippen molar-refractivity contribution in [3.63, 3.8) is 0 Å². The topological polar surface area (TPSA) is 62.2 Å². The number of carbonyl (C=O) groups excluding carboxylic acids is 1. The number of rotatable bonds is 3. The van der Waals surface area contributed by atoms with Crippen molar-refractivity contribution in [3.8, 4) is 0 Å². The third-order valence-electron chi connectivity index (χ3n) is 2.56. The number of aromatic nitrogens is 1. The summed E-state index contributed by atoms with van der Waals surface area (Å²) in [4.78, 5) is 16.0. The number of aliphatic hydroxyl groups is 1. The van der Waals surface area contributed by atoms with E-state index < -0.39 is 5.82 Å². The Hall–Kier alpha value is -2.01. The average molecular weight is 248 g/mol. The van der Waals surface area contributed by atoms with Crippen LogP contribution in [0, 0.1) is 12.7 Å². The van der Waals surface area contributed by atoms with Gasteiger partial charge >= 0.3 is 0 Å². The van der Waals surface area contributed by atoms with Gasteiger partial charge in [0.05, 0.1) is 12.2 Å². The van der Waals surface area contributed by atoms with Crippen molar-refractivity contribution < 1.29 is 14.3 Å². The number of para-hydroxylation sites is 1. The number of hydrogen-bond donors (Lipinski definition) is 2. The van der Waals surface area contributed by atoms with Crippen LogP contribution in [0.5, 0.6) is 0 Å². The first-order valence-corrected chi connectivity index (χ1v) is 5.58. The second-order valence-electron chi connectivity index (χ2n) is 3.93. The molecule has 5 heteroatoms. The lowest BCUT2D eigenvalue weighted by atomic mass is 10.1. The average Bonchev–Trinajstić information content (AvgIpc) is 2.36. The number of halogens is 1. The third-order valence-corrected chi connectivity index (χ3v) is 2.56. The Morgan fingerprint density at radius 2 is 2.28 bits per heavy atom. The molecule has 0 saturated carbocycles. The molecule has 0 aliphatic carbocycles. The van der Waals surface area contributed by atoms with Crippen LogP contribution in [0.25, 0.3) is 10.9 Å². The number of carbonyl (C=O) groups is 1. The van der Waals surface area contributed by atoms with Crippen LogP contribution in [-0.4, -0.2) is 29.1 Å². The van der Waals surface area contributed by atoms with Gasteiger partial charge in [0.2, 0.25) is 0 Å². The molecule has 0 unspecified atom stereocenters. The highest BCUT2D eigenvalue weighted by Crippen LogP contribution is 2.20. The summed E-state index contributed by atoms with van der Waals surface area (Å²) in [7, 11) is 0. The fourth-order valence-electron chi connectivity index (χ4n) is 1.79. The molecule has 0 saturated heterocycles. The lowest BCUT2D eigenvalue weighted by molar-refractivity contribution is 0.0946. The fourth-order valence-corrected chi connectivity index (χ4v) is 1.79. The van der Waals surface area contributed by atoms with Crippen LogP contribution < -0.4 is 5.32 Å². The van der Waals surface area contributed by atoms with Crippen LogP contribution in [-0.2, 0) is 0 Å². The fraction of sp³-hybridized carbons (Fsp3) is 0.231. The lowest BCUT2D eigenvalue weighted by Gasteiger charge is -2.08. The van der Waals surface area contributed by atoms with E-state index in [4.69, 9.17) is 5.11 Å². The Morgan fingerprint density at radius 3 is 3.00 bits per heavy atom. The summed E-state index contributed by atoms with van der Waals surface area (Å²) >= 11 is 0. The number of pyridine rings is 1. The summed E-state index contributed by atoms with van der Waals surface area (Å²) in [6.07, 6.45) is 0. The lowest BCUT2D eigenvalue weighted by Crippen LogP contribution is -2.26. The number of nitrogens with one attached hydrogen (secondary N) is 1. The van der Waals surface area contributed by atoms with E-state index in [2.05, 4.69) is 10.3 Å². The monoisotopic (exact) mass is 248 g/mol. The highest BCUT2D eigenvalue weighted by Gasteiger charge is 2.13. The Bertz CT molecular complexity index is 599. The first kappa shape index (κ1) is 12.4. The second-order valence-corrected chi connectivity index (χ2v) is 3.93. The Balaban J connectivity index is 2.56. The molecule has 1 heterocycles. The van der Waals surface area contributed by atoms with Crippen LogP contribution in [0.3, 0.4) is 0 Å². The van der Waals surface area contributed by atoms with Crippen LogP contribution in [0.1, 0.15) is 16.1 Å². The van der Waals surface area contributed by atoms with Crippen molar-refractivity contribution in [2.75, 3.05) is 13.2 Å². The van der Waals surface area contributed by atoms with Crippen LogP contribution >= 0.6 is 0 Å². The number of amides is 1. The number of aliphatic hydroxyl groups excluding tert-OH is 1. The number of hydrogen-bond acceptors (Lipinski definition) is 3. The van der Waals surface area contributed by atoms with Gasteiger partial charge in [0.25, 0.3) is 5.91 Å². The molecule has 0 aliphatic rings. The van der Waals surface area contributed by atoms with Crippen LogP contribution in [0.2, 0.25) is 0 Å². The molecule has 0 radical (unpaired) electrons. The predicted octanol–water partition coefficient (Wildman–Crippen LogP) is 1.40. The van der Waals surface area contributed by atoms with Crippen LogP contribution in [0.4, 0.5) is 4.39 Å². The standard InChI is InChI=1S/C13H13FN2O2/c1-8-7-10(13(18)15-5-6-17)9-3-2-4-11(14)12(9)16-8/h2-4,7,17H,5-6H2,1H3,(H,15,18). The second kappa shape index (κ2) is 5.10. The molecule has 2 N–H and O–H groups in total. The molecule has 18 heavy (non-hydrogen) atoms. The number of fused-ring (bicyclic) bond motifs is 1. The Kier molecular flexibility index (Phi) is 3.53. The van der Waals surface area contributed by atoms with E-state index in [1.807, 2.05) is 0 Å². The largest absolute Gasteiger partial charge is 0.395 e. The minimum Gasteiger partial charge on any atom is -0.395 e. The quantitative estimate of drug-likeness (QED) is 0.863. The van der Waals surface area contributed by atoms with Gasteiger partial charge in [-0.05, 0) is 19.1 Å². The molecule has 1 amide bonds.